The van der Waals surface area contributed by atoms with Gasteiger partial charge in [-0.3, -0.25) is 4.79 Å². The van der Waals surface area contributed by atoms with Gasteiger partial charge in [-0.1, -0.05) is 60.2 Å². The summed E-state index contributed by atoms with van der Waals surface area (Å²) in [5.74, 6) is 0.137. The van der Waals surface area contributed by atoms with Crippen molar-refractivity contribution in [3.63, 3.8) is 0 Å². The SMILES string of the molecule is CCN(Cc1ccccc1)C(=O)CNCc1ccc(C)cc1. The summed E-state index contributed by atoms with van der Waals surface area (Å²) in [5, 5.41) is 3.23. The van der Waals surface area contributed by atoms with E-state index in [2.05, 4.69) is 48.6 Å². The molecule has 1 N–H and O–H groups in total. The summed E-state index contributed by atoms with van der Waals surface area (Å²) < 4.78 is 0. The van der Waals surface area contributed by atoms with E-state index in [0.717, 1.165) is 18.7 Å². The number of aryl methyl sites for hydroxylation is 1. The van der Waals surface area contributed by atoms with Crippen molar-refractivity contribution in [1.29, 1.82) is 0 Å². The summed E-state index contributed by atoms with van der Waals surface area (Å²) in [6.45, 7) is 6.57. The average Bonchev–Trinajstić information content (AvgIpc) is 2.55. The van der Waals surface area contributed by atoms with E-state index >= 15 is 0 Å². The predicted octanol–water partition coefficient (Wildman–Crippen LogP) is 3.13. The zero-order valence-corrected chi connectivity index (χ0v) is 13.4. The summed E-state index contributed by atoms with van der Waals surface area (Å²) in [6, 6.07) is 18.5. The van der Waals surface area contributed by atoms with Crippen molar-refractivity contribution in [3.8, 4) is 0 Å². The molecule has 0 fully saturated rings. The normalized spacial score (nSPS) is 10.5. The molecule has 2 aromatic rings. The largest absolute Gasteiger partial charge is 0.338 e. The van der Waals surface area contributed by atoms with Crippen LogP contribution >= 0.6 is 0 Å². The summed E-state index contributed by atoms with van der Waals surface area (Å²) in [5.41, 5.74) is 3.61. The van der Waals surface area contributed by atoms with E-state index in [4.69, 9.17) is 0 Å². The van der Waals surface area contributed by atoms with Crippen molar-refractivity contribution >= 4 is 5.91 Å². The molecule has 0 aliphatic rings. The topological polar surface area (TPSA) is 32.3 Å². The third-order valence-electron chi connectivity index (χ3n) is 3.68. The van der Waals surface area contributed by atoms with Gasteiger partial charge in [-0.05, 0) is 25.0 Å². The fourth-order valence-corrected chi connectivity index (χ4v) is 2.31. The van der Waals surface area contributed by atoms with Crippen LogP contribution < -0.4 is 5.32 Å². The molecule has 1 amide bonds. The Kier molecular flexibility index (Phi) is 6.16. The number of nitrogens with zero attached hydrogens (tertiary/aromatic N) is 1. The number of hydrogen-bond donors (Lipinski definition) is 1. The second-order valence-electron chi connectivity index (χ2n) is 5.48. The Hall–Kier alpha value is -2.13. The highest BCUT2D eigenvalue weighted by molar-refractivity contribution is 5.78. The van der Waals surface area contributed by atoms with Crippen LogP contribution in [0, 0.1) is 6.92 Å². The Balaban J connectivity index is 1.80. The quantitative estimate of drug-likeness (QED) is 0.851. The number of hydrogen-bond acceptors (Lipinski definition) is 2. The van der Waals surface area contributed by atoms with Gasteiger partial charge >= 0.3 is 0 Å². The lowest BCUT2D eigenvalue weighted by molar-refractivity contribution is -0.130. The van der Waals surface area contributed by atoms with Crippen molar-refractivity contribution in [2.75, 3.05) is 13.1 Å². The Morgan fingerprint density at radius 1 is 1.00 bits per heavy atom. The highest BCUT2D eigenvalue weighted by atomic mass is 16.2. The average molecular weight is 296 g/mol. The van der Waals surface area contributed by atoms with Crippen LogP contribution in [0.25, 0.3) is 0 Å². The summed E-state index contributed by atoms with van der Waals surface area (Å²) in [4.78, 5) is 14.2. The third-order valence-corrected chi connectivity index (χ3v) is 3.68. The zero-order valence-electron chi connectivity index (χ0n) is 13.4. The molecule has 3 heteroatoms. The molecule has 2 rings (SSSR count). The van der Waals surface area contributed by atoms with Crippen LogP contribution in [-0.4, -0.2) is 23.9 Å². The van der Waals surface area contributed by atoms with Crippen LogP contribution in [0.2, 0.25) is 0 Å². The minimum Gasteiger partial charge on any atom is -0.338 e. The molecule has 0 bridgehead atoms. The molecule has 0 saturated carbocycles. The van der Waals surface area contributed by atoms with Gasteiger partial charge in [0.1, 0.15) is 0 Å². The van der Waals surface area contributed by atoms with Crippen LogP contribution in [0.1, 0.15) is 23.6 Å². The molecule has 0 aliphatic carbocycles. The van der Waals surface area contributed by atoms with E-state index in [9.17, 15) is 4.79 Å². The summed E-state index contributed by atoms with van der Waals surface area (Å²) >= 11 is 0. The van der Waals surface area contributed by atoms with Gasteiger partial charge in [0, 0.05) is 19.6 Å². The molecule has 0 atom stereocenters. The van der Waals surface area contributed by atoms with E-state index in [1.54, 1.807) is 0 Å². The first-order chi connectivity index (χ1) is 10.7. The fraction of sp³-hybridized carbons (Fsp3) is 0.316. The lowest BCUT2D eigenvalue weighted by Gasteiger charge is -2.21. The van der Waals surface area contributed by atoms with Gasteiger partial charge in [-0.2, -0.15) is 0 Å². The van der Waals surface area contributed by atoms with Crippen molar-refractivity contribution in [3.05, 3.63) is 71.3 Å². The smallest absolute Gasteiger partial charge is 0.236 e. The monoisotopic (exact) mass is 296 g/mol. The van der Waals surface area contributed by atoms with E-state index in [1.807, 2.05) is 30.0 Å². The van der Waals surface area contributed by atoms with E-state index in [0.29, 0.717) is 13.1 Å². The lowest BCUT2D eigenvalue weighted by Crippen LogP contribution is -2.37. The molecule has 3 nitrogen and oxygen atoms in total. The molecular formula is C19H24N2O. The van der Waals surface area contributed by atoms with Gasteiger partial charge in [-0.25, -0.2) is 0 Å². The number of amides is 1. The number of rotatable bonds is 7. The number of nitrogens with one attached hydrogen (secondary N) is 1. The third kappa shape index (κ3) is 5.01. The standard InChI is InChI=1S/C19H24N2O/c1-3-21(15-18-7-5-4-6-8-18)19(22)14-20-13-17-11-9-16(2)10-12-17/h4-12,20H,3,13-15H2,1-2H3. The van der Waals surface area contributed by atoms with Gasteiger partial charge in [-0.15, -0.1) is 0 Å². The molecule has 0 aliphatic heterocycles. The van der Waals surface area contributed by atoms with Crippen LogP contribution in [0.4, 0.5) is 0 Å². The van der Waals surface area contributed by atoms with Gasteiger partial charge in [0.2, 0.25) is 5.91 Å². The molecule has 0 radical (unpaired) electrons. The van der Waals surface area contributed by atoms with Crippen molar-refractivity contribution in [1.82, 2.24) is 10.2 Å². The molecule has 0 spiro atoms. The second kappa shape index (κ2) is 8.35. The Morgan fingerprint density at radius 3 is 2.32 bits per heavy atom. The maximum absolute atomic E-state index is 12.3. The summed E-state index contributed by atoms with van der Waals surface area (Å²) in [7, 11) is 0. The molecular weight excluding hydrogens is 272 g/mol. The minimum absolute atomic E-state index is 0.137. The van der Waals surface area contributed by atoms with E-state index in [1.165, 1.54) is 11.1 Å². The maximum Gasteiger partial charge on any atom is 0.236 e. The second-order valence-corrected chi connectivity index (χ2v) is 5.48. The Bertz CT molecular complexity index is 578. The maximum atomic E-state index is 12.3. The molecule has 22 heavy (non-hydrogen) atoms. The first-order valence-electron chi connectivity index (χ1n) is 7.77. The number of carbonyl (C=O) groups excluding carboxylic acids is 1. The molecule has 0 unspecified atom stereocenters. The summed E-state index contributed by atoms with van der Waals surface area (Å²) in [6.07, 6.45) is 0. The van der Waals surface area contributed by atoms with Crippen molar-refractivity contribution < 1.29 is 4.79 Å². The van der Waals surface area contributed by atoms with Gasteiger partial charge < -0.3 is 10.2 Å². The van der Waals surface area contributed by atoms with Crippen LogP contribution in [0.5, 0.6) is 0 Å². The first-order valence-corrected chi connectivity index (χ1v) is 7.77. The van der Waals surface area contributed by atoms with Crippen LogP contribution in [-0.2, 0) is 17.9 Å². The first kappa shape index (κ1) is 16.2. The molecule has 116 valence electrons. The van der Waals surface area contributed by atoms with E-state index < -0.39 is 0 Å². The van der Waals surface area contributed by atoms with Gasteiger partial charge in [0.05, 0.1) is 6.54 Å². The van der Waals surface area contributed by atoms with Gasteiger partial charge in [0.25, 0.3) is 0 Å². The minimum atomic E-state index is 0.137. The lowest BCUT2D eigenvalue weighted by atomic mass is 10.1. The van der Waals surface area contributed by atoms with Gasteiger partial charge in [0.15, 0.2) is 0 Å². The number of likely N-dealkylation sites (N-methyl/N-ethyl adjacent to an activating group) is 1. The molecule has 2 aromatic carbocycles. The highest BCUT2D eigenvalue weighted by Gasteiger charge is 2.11. The Labute approximate surface area is 133 Å². The Morgan fingerprint density at radius 2 is 1.68 bits per heavy atom. The predicted molar refractivity (Wildman–Crippen MR) is 90.4 cm³/mol. The molecule has 0 heterocycles. The van der Waals surface area contributed by atoms with Crippen molar-refractivity contribution in [2.45, 2.75) is 26.9 Å². The van der Waals surface area contributed by atoms with Crippen LogP contribution in [0.3, 0.4) is 0 Å². The van der Waals surface area contributed by atoms with Crippen molar-refractivity contribution in [2.24, 2.45) is 0 Å². The molecule has 0 aromatic heterocycles. The number of carbonyl (C=O) groups is 1. The molecule has 0 saturated heterocycles. The highest BCUT2D eigenvalue weighted by Crippen LogP contribution is 2.05. The fourth-order valence-electron chi connectivity index (χ4n) is 2.31. The van der Waals surface area contributed by atoms with Crippen LogP contribution in [0.15, 0.2) is 54.6 Å². The van der Waals surface area contributed by atoms with E-state index in [-0.39, 0.29) is 5.91 Å². The zero-order chi connectivity index (χ0) is 15.8. The number of benzene rings is 2.